The molecule has 20 heteroatoms. The molecular weight excluding hydrogens is 660 g/mol. The fourth-order valence-corrected chi connectivity index (χ4v) is 5.27. The first-order chi connectivity index (χ1) is 21.8. The summed E-state index contributed by atoms with van der Waals surface area (Å²) in [6, 6.07) is 7.39. The van der Waals surface area contributed by atoms with Crippen LogP contribution >= 0.6 is 11.3 Å². The highest BCUT2D eigenvalue weighted by molar-refractivity contribution is 7.80. The number of carboxylic acid groups (broad SMARTS) is 1. The molecule has 0 unspecified atom stereocenters. The molecule has 0 radical (unpaired) electrons. The third-order valence-corrected chi connectivity index (χ3v) is 7.81. The fraction of sp³-hybridized carbons (Fsp3) is 0.407. The number of hydrogen-bond donors (Lipinski definition) is 5. The van der Waals surface area contributed by atoms with Gasteiger partial charge < -0.3 is 35.5 Å². The minimum absolute atomic E-state index is 0.0595. The molecule has 3 heterocycles. The lowest BCUT2D eigenvalue weighted by Crippen LogP contribution is -2.76. The predicted molar refractivity (Wildman–Crippen MR) is 170 cm³/mol. The summed E-state index contributed by atoms with van der Waals surface area (Å²) in [6.45, 7) is 3.86. The summed E-state index contributed by atoms with van der Waals surface area (Å²) in [5.41, 5.74) is 4.36. The van der Waals surface area contributed by atoms with Gasteiger partial charge in [-0.2, -0.15) is 13.5 Å². The molecule has 4 rings (SSSR count). The maximum Gasteiger partial charge on any atom is 0.418 e. The zero-order valence-electron chi connectivity index (χ0n) is 26.0. The SMILES string of the molecule is CC1(C)[C@H](NC(=O)/C(=N\O[C@@H](COc2ccc3nc(NCC[N+](C)(C)C)ccc3c2)C(=O)O)c2csc(N)n2)C(=O)N1OS(=O)(=O)O. The lowest BCUT2D eigenvalue weighted by atomic mass is 9.84. The number of fused-ring (bicyclic) bond motifs is 1. The number of thiazole rings is 1. The number of amides is 2. The van der Waals surface area contributed by atoms with E-state index in [1.54, 1.807) is 18.2 Å². The van der Waals surface area contributed by atoms with Crippen molar-refractivity contribution in [2.24, 2.45) is 5.16 Å². The third kappa shape index (κ3) is 9.01. The number of carboxylic acids is 1. The van der Waals surface area contributed by atoms with Crippen molar-refractivity contribution in [2.45, 2.75) is 31.5 Å². The van der Waals surface area contributed by atoms with Crippen molar-refractivity contribution < 1.29 is 50.8 Å². The molecule has 1 aliphatic heterocycles. The molecule has 2 amide bonds. The molecule has 47 heavy (non-hydrogen) atoms. The Kier molecular flexibility index (Phi) is 10.2. The quantitative estimate of drug-likeness (QED) is 0.0478. The van der Waals surface area contributed by atoms with E-state index >= 15 is 0 Å². The number of anilines is 2. The summed E-state index contributed by atoms with van der Waals surface area (Å²) in [6.07, 6.45) is -1.68. The molecule has 1 saturated heterocycles. The van der Waals surface area contributed by atoms with Crippen LogP contribution in [0.1, 0.15) is 19.5 Å². The summed E-state index contributed by atoms with van der Waals surface area (Å²) in [4.78, 5) is 51.5. The first-order valence-corrected chi connectivity index (χ1v) is 16.2. The van der Waals surface area contributed by atoms with E-state index in [-0.39, 0.29) is 10.8 Å². The van der Waals surface area contributed by atoms with Gasteiger partial charge in [0.1, 0.15) is 29.9 Å². The number of oxime groups is 1. The van der Waals surface area contributed by atoms with Crippen molar-refractivity contribution in [3.8, 4) is 5.75 Å². The van der Waals surface area contributed by atoms with Gasteiger partial charge >= 0.3 is 16.4 Å². The van der Waals surface area contributed by atoms with Crippen molar-refractivity contribution in [3.63, 3.8) is 0 Å². The Morgan fingerprint density at radius 3 is 2.53 bits per heavy atom. The number of pyridine rings is 1. The van der Waals surface area contributed by atoms with Gasteiger partial charge in [-0.05, 0) is 44.2 Å². The third-order valence-electron chi connectivity index (χ3n) is 6.80. The van der Waals surface area contributed by atoms with E-state index in [1.807, 2.05) is 12.1 Å². The van der Waals surface area contributed by atoms with Crippen LogP contribution in [0.4, 0.5) is 10.9 Å². The first-order valence-electron chi connectivity index (χ1n) is 13.9. The second-order valence-corrected chi connectivity index (χ2v) is 13.8. The Morgan fingerprint density at radius 1 is 1.21 bits per heavy atom. The lowest BCUT2D eigenvalue weighted by molar-refractivity contribution is -0.868. The Morgan fingerprint density at radius 2 is 1.94 bits per heavy atom. The van der Waals surface area contributed by atoms with Gasteiger partial charge in [0.15, 0.2) is 10.8 Å². The molecule has 6 N–H and O–H groups in total. The van der Waals surface area contributed by atoms with Crippen LogP contribution in [0, 0.1) is 0 Å². The van der Waals surface area contributed by atoms with E-state index in [9.17, 15) is 27.9 Å². The van der Waals surface area contributed by atoms with Gasteiger partial charge in [0.2, 0.25) is 0 Å². The zero-order valence-corrected chi connectivity index (χ0v) is 27.7. The number of nitrogen functional groups attached to an aromatic ring is 1. The van der Waals surface area contributed by atoms with Crippen molar-refractivity contribution in [2.75, 3.05) is 51.9 Å². The van der Waals surface area contributed by atoms with Crippen molar-refractivity contribution >= 4 is 67.1 Å². The van der Waals surface area contributed by atoms with Gasteiger partial charge in [-0.1, -0.05) is 5.16 Å². The van der Waals surface area contributed by atoms with Gasteiger partial charge in [-0.3, -0.25) is 14.1 Å². The summed E-state index contributed by atoms with van der Waals surface area (Å²) in [5, 5.41) is 21.7. The minimum atomic E-state index is -5.02. The van der Waals surface area contributed by atoms with Crippen LogP contribution in [-0.2, 0) is 33.9 Å². The average molecular weight is 696 g/mol. The molecular formula is C27H35N8O10S2+. The number of benzene rings is 1. The summed E-state index contributed by atoms with van der Waals surface area (Å²) in [5.74, 6) is -2.42. The Bertz CT molecular complexity index is 1810. The molecule has 18 nitrogen and oxygen atoms in total. The Balaban J connectivity index is 1.45. The number of ether oxygens (including phenoxy) is 1. The maximum atomic E-state index is 13.2. The second-order valence-electron chi connectivity index (χ2n) is 11.9. The summed E-state index contributed by atoms with van der Waals surface area (Å²) in [7, 11) is 1.27. The molecule has 0 aliphatic carbocycles. The number of β-lactam (4-membered cyclic amide) rings is 1. The van der Waals surface area contributed by atoms with E-state index in [0.29, 0.717) is 22.1 Å². The van der Waals surface area contributed by atoms with Gasteiger partial charge in [-0.15, -0.1) is 15.6 Å². The number of carbonyl (C=O) groups is 3. The van der Waals surface area contributed by atoms with Gasteiger partial charge in [0, 0.05) is 10.8 Å². The maximum absolute atomic E-state index is 13.2. The molecule has 2 aromatic heterocycles. The molecule has 0 spiro atoms. The minimum Gasteiger partial charge on any atom is -0.489 e. The number of nitrogens with one attached hydrogen (secondary N) is 2. The normalized spacial score (nSPS) is 17.1. The van der Waals surface area contributed by atoms with Crippen LogP contribution in [0.25, 0.3) is 10.9 Å². The van der Waals surface area contributed by atoms with Crippen LogP contribution in [0.15, 0.2) is 40.9 Å². The number of likely N-dealkylation sites (N-methyl/N-ethyl adjacent to an activating group) is 1. The van der Waals surface area contributed by atoms with Crippen LogP contribution in [0.2, 0.25) is 0 Å². The molecule has 3 aromatic rings. The number of rotatable bonds is 15. The first kappa shape index (κ1) is 35.2. The molecule has 254 valence electrons. The number of hydrogen-bond acceptors (Lipinski definition) is 14. The van der Waals surface area contributed by atoms with Crippen LogP contribution in [0.5, 0.6) is 5.75 Å². The summed E-state index contributed by atoms with van der Waals surface area (Å²) < 4.78 is 41.9. The standard InChI is InChI=1S/C27H34N8O10S2/c1-27(2)22(24(37)34(27)45-47(40,41)42)32-23(36)21(18-14-46-26(28)31-18)33-44-19(25(38)39)13-43-16-7-8-17-15(12-16)6-9-20(30-17)29-10-11-35(3,4)5/h6-9,12,14,19,22H,10-11,13H2,1-5H3,(H5-,28,29,30,31,32,36,38,39,40,41,42)/p+1/b33-21-/t19-,22+/m0/s1. The van der Waals surface area contributed by atoms with Gasteiger partial charge in [-0.25, -0.2) is 14.8 Å². The topological polar surface area (TPSA) is 245 Å². The fourth-order valence-electron chi connectivity index (χ4n) is 4.27. The number of carbonyl (C=O) groups excluding carboxylic acids is 2. The average Bonchev–Trinajstić information content (AvgIpc) is 3.40. The van der Waals surface area contributed by atoms with Crippen molar-refractivity contribution in [1.29, 1.82) is 0 Å². The molecule has 1 fully saturated rings. The lowest BCUT2D eigenvalue weighted by Gasteiger charge is -2.50. The van der Waals surface area contributed by atoms with Crippen molar-refractivity contribution in [3.05, 3.63) is 41.4 Å². The number of hydroxylamine groups is 2. The van der Waals surface area contributed by atoms with E-state index in [1.165, 1.54) is 19.2 Å². The molecule has 1 aromatic carbocycles. The van der Waals surface area contributed by atoms with Gasteiger partial charge in [0.25, 0.3) is 17.9 Å². The number of aromatic nitrogens is 2. The molecule has 0 bridgehead atoms. The number of nitrogens with zero attached hydrogens (tertiary/aromatic N) is 5. The Hall–Kier alpha value is -4.63. The van der Waals surface area contributed by atoms with Crippen LogP contribution in [-0.4, -0.2) is 120 Å². The largest absolute Gasteiger partial charge is 0.489 e. The number of nitrogens with two attached hydrogens (primary N) is 1. The molecule has 2 atom stereocenters. The van der Waals surface area contributed by atoms with E-state index in [2.05, 4.69) is 51.2 Å². The number of quaternary nitrogens is 1. The van der Waals surface area contributed by atoms with E-state index in [0.717, 1.165) is 34.3 Å². The van der Waals surface area contributed by atoms with Crippen LogP contribution in [0.3, 0.4) is 0 Å². The molecule has 1 aliphatic rings. The second kappa shape index (κ2) is 13.6. The van der Waals surface area contributed by atoms with Gasteiger partial charge in [0.05, 0.1) is 45.3 Å². The summed E-state index contributed by atoms with van der Waals surface area (Å²) >= 11 is 0.960. The highest BCUT2D eigenvalue weighted by Crippen LogP contribution is 2.33. The zero-order chi connectivity index (χ0) is 34.7. The highest BCUT2D eigenvalue weighted by Gasteiger charge is 2.58. The van der Waals surface area contributed by atoms with Crippen molar-refractivity contribution in [1.82, 2.24) is 20.3 Å². The molecule has 0 saturated carbocycles. The number of aliphatic carboxylic acids is 1. The predicted octanol–water partition coefficient (Wildman–Crippen LogP) is 0.485. The smallest absolute Gasteiger partial charge is 0.418 e. The van der Waals surface area contributed by atoms with Crippen LogP contribution < -0.4 is 21.1 Å². The van der Waals surface area contributed by atoms with E-state index in [4.69, 9.17) is 19.9 Å². The Labute approximate surface area is 273 Å². The monoisotopic (exact) mass is 695 g/mol. The van der Waals surface area contributed by atoms with E-state index < -0.39 is 58.2 Å². The highest BCUT2D eigenvalue weighted by atomic mass is 32.3.